The van der Waals surface area contributed by atoms with Crippen molar-refractivity contribution in [3.05, 3.63) is 106 Å². The molecule has 3 N–H and O–H groups in total. The molecule has 34 heavy (non-hydrogen) atoms. The van der Waals surface area contributed by atoms with Crippen LogP contribution in [0.4, 0.5) is 22.0 Å². The van der Waals surface area contributed by atoms with Gasteiger partial charge in [0.15, 0.2) is 23.3 Å². The molecule has 1 heterocycles. The Kier molecular flexibility index (Phi) is 7.20. The standard InChI is InChI=1S/C24H18F5N2O2S/c25-17-14(18(26)20(28)21(29)19(17)27)11-34-24-30-22(32)16(23(33)31-24)15(12-7-3-1-4-8-12)13-9-5-2-6-10-13/h1-10,15-16,22,24,30H,11H2,(H,31,33)/q-1/p+1. The van der Waals surface area contributed by atoms with Crippen LogP contribution in [0.5, 0.6) is 0 Å². The maximum absolute atomic E-state index is 14.0. The molecule has 0 aromatic heterocycles. The highest BCUT2D eigenvalue weighted by Gasteiger charge is 2.40. The molecule has 1 aliphatic rings. The summed E-state index contributed by atoms with van der Waals surface area (Å²) < 4.78 is 68.1. The van der Waals surface area contributed by atoms with Crippen LogP contribution in [-0.2, 0) is 10.5 Å². The summed E-state index contributed by atoms with van der Waals surface area (Å²) >= 11 is 0.692. The fourth-order valence-electron chi connectivity index (χ4n) is 4.04. The quantitative estimate of drug-likeness (QED) is 0.315. The van der Waals surface area contributed by atoms with E-state index in [0.29, 0.717) is 11.8 Å². The van der Waals surface area contributed by atoms with Gasteiger partial charge in [-0.15, -0.1) is 0 Å². The van der Waals surface area contributed by atoms with Crippen molar-refractivity contribution in [3.8, 4) is 0 Å². The highest BCUT2D eigenvalue weighted by Crippen LogP contribution is 2.34. The Balaban J connectivity index is 1.54. The largest absolute Gasteiger partial charge is 0.806 e. The maximum atomic E-state index is 14.0. The summed E-state index contributed by atoms with van der Waals surface area (Å²) in [6.45, 7) is 0. The smallest absolute Gasteiger partial charge is 0.233 e. The molecule has 0 radical (unpaired) electrons. The molecule has 1 fully saturated rings. The number of benzene rings is 3. The Morgan fingerprint density at radius 3 is 1.76 bits per heavy atom. The number of quaternary nitrogens is 1. The molecular formula is C24H19F5N2O2S. The van der Waals surface area contributed by atoms with E-state index >= 15 is 0 Å². The second-order valence-corrected chi connectivity index (χ2v) is 8.90. The molecule has 4 nitrogen and oxygen atoms in total. The zero-order valence-electron chi connectivity index (χ0n) is 17.5. The number of hydrogen-bond donors (Lipinski definition) is 2. The van der Waals surface area contributed by atoms with Crippen LogP contribution in [0.1, 0.15) is 22.6 Å². The monoisotopic (exact) mass is 494 g/mol. The van der Waals surface area contributed by atoms with Crippen LogP contribution in [0.15, 0.2) is 60.7 Å². The second-order valence-electron chi connectivity index (χ2n) is 7.77. The van der Waals surface area contributed by atoms with Gasteiger partial charge in [0.1, 0.15) is 0 Å². The molecule has 1 amide bonds. The lowest BCUT2D eigenvalue weighted by atomic mass is 9.78. The average Bonchev–Trinajstić information content (AvgIpc) is 2.85. The van der Waals surface area contributed by atoms with Crippen molar-refractivity contribution in [3.63, 3.8) is 0 Å². The molecule has 0 spiro atoms. The van der Waals surface area contributed by atoms with Gasteiger partial charge < -0.3 is 10.4 Å². The lowest BCUT2D eigenvalue weighted by Crippen LogP contribution is -3.04. The summed E-state index contributed by atoms with van der Waals surface area (Å²) in [6, 6.07) is 18.1. The SMILES string of the molecule is O=C1NC(SCc2c(F)c(F)c(F)c(F)c2F)[NH2+]C([O-])C1C(c1ccccc1)c1ccccc1. The van der Waals surface area contributed by atoms with Crippen molar-refractivity contribution in [2.24, 2.45) is 5.92 Å². The highest BCUT2D eigenvalue weighted by molar-refractivity contribution is 7.98. The second kappa shape index (κ2) is 10.1. The number of rotatable bonds is 6. The fourth-order valence-corrected chi connectivity index (χ4v) is 5.11. The van der Waals surface area contributed by atoms with Gasteiger partial charge in [-0.3, -0.25) is 10.1 Å². The van der Waals surface area contributed by atoms with E-state index in [1.807, 2.05) is 36.4 Å². The molecule has 1 saturated heterocycles. The molecule has 3 atom stereocenters. The Morgan fingerprint density at radius 2 is 1.29 bits per heavy atom. The Bertz CT molecular complexity index is 1110. The van der Waals surface area contributed by atoms with Crippen molar-refractivity contribution in [1.29, 1.82) is 0 Å². The zero-order chi connectivity index (χ0) is 24.4. The van der Waals surface area contributed by atoms with Gasteiger partial charge in [0.2, 0.25) is 17.2 Å². The van der Waals surface area contributed by atoms with Crippen LogP contribution < -0.4 is 15.7 Å². The van der Waals surface area contributed by atoms with Gasteiger partial charge >= 0.3 is 0 Å². The molecule has 0 aliphatic carbocycles. The van der Waals surface area contributed by atoms with Gasteiger partial charge in [0, 0.05) is 23.5 Å². The number of thioether (sulfide) groups is 1. The van der Waals surface area contributed by atoms with E-state index in [1.165, 1.54) is 5.32 Å². The molecule has 1 aliphatic heterocycles. The predicted molar refractivity (Wildman–Crippen MR) is 113 cm³/mol. The van der Waals surface area contributed by atoms with Gasteiger partial charge in [-0.2, -0.15) is 0 Å². The van der Waals surface area contributed by atoms with Crippen LogP contribution in [0.25, 0.3) is 0 Å². The van der Waals surface area contributed by atoms with Crippen molar-refractivity contribution in [1.82, 2.24) is 5.32 Å². The average molecular weight is 494 g/mol. The first-order valence-corrected chi connectivity index (χ1v) is 11.4. The van der Waals surface area contributed by atoms with Gasteiger partial charge in [0.25, 0.3) is 0 Å². The third-order valence-corrected chi connectivity index (χ3v) is 6.78. The van der Waals surface area contributed by atoms with Crippen LogP contribution in [0, 0.1) is 35.0 Å². The number of carbonyl (C=O) groups excluding carboxylic acids is 1. The fraction of sp³-hybridized carbons (Fsp3) is 0.208. The third kappa shape index (κ3) is 4.66. The van der Waals surface area contributed by atoms with E-state index in [2.05, 4.69) is 5.32 Å². The molecule has 4 rings (SSSR count). The summed E-state index contributed by atoms with van der Waals surface area (Å²) in [5, 5.41) is 17.0. The van der Waals surface area contributed by atoms with Gasteiger partial charge in [-0.25, -0.2) is 22.0 Å². The van der Waals surface area contributed by atoms with Crippen LogP contribution in [0.3, 0.4) is 0 Å². The molecule has 3 unspecified atom stereocenters. The van der Waals surface area contributed by atoms with E-state index in [0.717, 1.165) is 11.1 Å². The third-order valence-electron chi connectivity index (χ3n) is 5.69. The normalized spacial score (nSPS) is 20.4. The number of amides is 1. The number of nitrogens with one attached hydrogen (secondary N) is 1. The van der Waals surface area contributed by atoms with Gasteiger partial charge in [-0.05, 0) is 11.1 Å². The Labute approximate surface area is 196 Å². The van der Waals surface area contributed by atoms with Crippen LogP contribution in [-0.4, -0.2) is 17.6 Å². The predicted octanol–water partition coefficient (Wildman–Crippen LogP) is 2.73. The number of carbonyl (C=O) groups is 1. The van der Waals surface area contributed by atoms with Crippen molar-refractivity contribution < 1.29 is 37.2 Å². The minimum absolute atomic E-state index is 0.540. The first kappa shape index (κ1) is 24.2. The minimum Gasteiger partial charge on any atom is -0.806 e. The van der Waals surface area contributed by atoms with Crippen molar-refractivity contribution in [2.75, 3.05) is 0 Å². The summed E-state index contributed by atoms with van der Waals surface area (Å²) in [5.74, 6) is -12.9. The molecular weight excluding hydrogens is 475 g/mol. The lowest BCUT2D eigenvalue weighted by Gasteiger charge is -2.41. The van der Waals surface area contributed by atoms with Crippen LogP contribution in [0.2, 0.25) is 0 Å². The molecule has 10 heteroatoms. The van der Waals surface area contributed by atoms with E-state index in [4.69, 9.17) is 0 Å². The van der Waals surface area contributed by atoms with E-state index in [-0.39, 0.29) is 0 Å². The first-order chi connectivity index (χ1) is 16.3. The Morgan fingerprint density at radius 1 is 0.824 bits per heavy atom. The maximum Gasteiger partial charge on any atom is 0.233 e. The highest BCUT2D eigenvalue weighted by atomic mass is 32.2. The molecule has 0 saturated carbocycles. The summed E-state index contributed by atoms with van der Waals surface area (Å²) in [4.78, 5) is 13.0. The molecule has 178 valence electrons. The number of halogens is 5. The lowest BCUT2D eigenvalue weighted by molar-refractivity contribution is -0.832. The molecule has 3 aromatic rings. The zero-order valence-corrected chi connectivity index (χ0v) is 18.3. The van der Waals surface area contributed by atoms with E-state index < -0.39 is 69.9 Å². The van der Waals surface area contributed by atoms with Gasteiger partial charge in [0.05, 0.1) is 5.92 Å². The van der Waals surface area contributed by atoms with E-state index in [1.54, 1.807) is 24.3 Å². The van der Waals surface area contributed by atoms with E-state index in [9.17, 15) is 31.9 Å². The van der Waals surface area contributed by atoms with Crippen molar-refractivity contribution >= 4 is 17.7 Å². The summed E-state index contributed by atoms with van der Waals surface area (Å²) in [5.41, 5.74) is -0.431. The first-order valence-electron chi connectivity index (χ1n) is 10.3. The summed E-state index contributed by atoms with van der Waals surface area (Å²) in [6.07, 6.45) is -1.48. The topological polar surface area (TPSA) is 68.8 Å². The molecule has 0 bridgehead atoms. The van der Waals surface area contributed by atoms with Gasteiger partial charge in [-0.1, -0.05) is 72.4 Å². The summed E-state index contributed by atoms with van der Waals surface area (Å²) in [7, 11) is 0. The van der Waals surface area contributed by atoms with Crippen LogP contribution >= 0.6 is 11.8 Å². The van der Waals surface area contributed by atoms with Crippen molar-refractivity contribution in [2.45, 2.75) is 23.4 Å². The number of nitrogens with two attached hydrogens (primary N) is 1. The minimum atomic E-state index is -2.24. The Hall–Kier alpha value is -2.95. The number of hydrogen-bond acceptors (Lipinski definition) is 3. The molecule has 3 aromatic carbocycles.